The summed E-state index contributed by atoms with van der Waals surface area (Å²) in [5.74, 6) is -1.07. The second-order valence-electron chi connectivity index (χ2n) is 5.23. The summed E-state index contributed by atoms with van der Waals surface area (Å²) in [4.78, 5) is 25.2. The van der Waals surface area contributed by atoms with Crippen LogP contribution in [-0.2, 0) is 0 Å². The number of hydrogen-bond acceptors (Lipinski definition) is 3. The number of amides is 2. The fraction of sp³-hybridized carbons (Fsp3) is 0.467. The molecule has 0 saturated heterocycles. The van der Waals surface area contributed by atoms with E-state index >= 15 is 0 Å². The third-order valence-corrected chi connectivity index (χ3v) is 3.85. The maximum atomic E-state index is 12.3. The van der Waals surface area contributed by atoms with Gasteiger partial charge in [-0.15, -0.1) is 0 Å². The molecule has 1 aliphatic carbocycles. The van der Waals surface area contributed by atoms with E-state index in [0.717, 1.165) is 19.3 Å². The van der Waals surface area contributed by atoms with Gasteiger partial charge >= 0.3 is 12.0 Å². The number of carbonyl (C=O) groups excluding carboxylic acids is 1. The Kier molecular flexibility index (Phi) is 4.80. The summed E-state index contributed by atoms with van der Waals surface area (Å²) in [5.41, 5.74) is 0.982. The molecule has 1 saturated carbocycles. The number of carbonyl (C=O) groups is 2. The Morgan fingerprint density at radius 1 is 1.38 bits per heavy atom. The molecule has 21 heavy (non-hydrogen) atoms. The van der Waals surface area contributed by atoms with Crippen LogP contribution in [-0.4, -0.2) is 46.3 Å². The van der Waals surface area contributed by atoms with Gasteiger partial charge in [-0.1, -0.05) is 12.1 Å². The highest BCUT2D eigenvalue weighted by Gasteiger charge is 2.29. The Labute approximate surface area is 123 Å². The molecule has 0 unspecified atom stereocenters. The van der Waals surface area contributed by atoms with E-state index < -0.39 is 5.97 Å². The fourth-order valence-electron chi connectivity index (χ4n) is 2.50. The third kappa shape index (κ3) is 3.33. The standard InChI is InChI=1S/C15H20N2O4/c1-10-4-2-7-12(13(10)14(19)20)16-15(21)17(8-9-18)11-5-3-6-11/h2,4,7,11,18H,3,5-6,8-9H2,1H3,(H,16,21)(H,19,20). The normalized spacial score (nSPS) is 14.4. The second kappa shape index (κ2) is 6.58. The molecule has 6 heteroatoms. The average molecular weight is 292 g/mol. The fourth-order valence-corrected chi connectivity index (χ4v) is 2.50. The van der Waals surface area contributed by atoms with Crippen LogP contribution < -0.4 is 5.32 Å². The van der Waals surface area contributed by atoms with E-state index in [2.05, 4.69) is 5.32 Å². The van der Waals surface area contributed by atoms with Crippen molar-refractivity contribution >= 4 is 17.7 Å². The maximum Gasteiger partial charge on any atom is 0.338 e. The second-order valence-corrected chi connectivity index (χ2v) is 5.23. The first-order valence-electron chi connectivity index (χ1n) is 7.06. The van der Waals surface area contributed by atoms with Gasteiger partial charge in [0.2, 0.25) is 0 Å². The van der Waals surface area contributed by atoms with Crippen molar-refractivity contribution < 1.29 is 19.8 Å². The van der Waals surface area contributed by atoms with Crippen LogP contribution in [0.2, 0.25) is 0 Å². The highest BCUT2D eigenvalue weighted by atomic mass is 16.4. The Hall–Kier alpha value is -2.08. The molecule has 2 rings (SSSR count). The van der Waals surface area contributed by atoms with Crippen molar-refractivity contribution in [2.45, 2.75) is 32.2 Å². The van der Waals surface area contributed by atoms with E-state index in [9.17, 15) is 14.7 Å². The Bertz CT molecular complexity index is 540. The van der Waals surface area contributed by atoms with Gasteiger partial charge in [-0.05, 0) is 37.8 Å². The van der Waals surface area contributed by atoms with Crippen LogP contribution in [0.1, 0.15) is 35.2 Å². The maximum absolute atomic E-state index is 12.3. The molecular weight excluding hydrogens is 272 g/mol. The number of aliphatic hydroxyl groups is 1. The molecule has 2 amide bonds. The number of aryl methyl sites for hydroxylation is 1. The van der Waals surface area contributed by atoms with Crippen molar-refractivity contribution in [2.24, 2.45) is 0 Å². The summed E-state index contributed by atoms with van der Waals surface area (Å²) in [6.45, 7) is 1.84. The molecule has 114 valence electrons. The van der Waals surface area contributed by atoms with Crippen molar-refractivity contribution in [3.8, 4) is 0 Å². The van der Waals surface area contributed by atoms with Gasteiger partial charge in [-0.3, -0.25) is 0 Å². The highest BCUT2D eigenvalue weighted by molar-refractivity contribution is 6.01. The molecule has 0 bridgehead atoms. The van der Waals surface area contributed by atoms with Crippen LogP contribution in [0.5, 0.6) is 0 Å². The van der Waals surface area contributed by atoms with Crippen molar-refractivity contribution in [3.63, 3.8) is 0 Å². The Morgan fingerprint density at radius 2 is 2.10 bits per heavy atom. The van der Waals surface area contributed by atoms with Gasteiger partial charge in [0.1, 0.15) is 0 Å². The number of hydrogen-bond donors (Lipinski definition) is 3. The molecule has 1 aromatic rings. The van der Waals surface area contributed by atoms with Gasteiger partial charge < -0.3 is 20.4 Å². The van der Waals surface area contributed by atoms with Crippen LogP contribution in [0.15, 0.2) is 18.2 Å². The van der Waals surface area contributed by atoms with E-state index in [1.54, 1.807) is 30.0 Å². The number of nitrogens with one attached hydrogen (secondary N) is 1. The number of carboxylic acid groups (broad SMARTS) is 1. The summed E-state index contributed by atoms with van der Waals surface area (Å²) in [6.07, 6.45) is 2.92. The lowest BCUT2D eigenvalue weighted by molar-refractivity contribution is 0.0697. The molecule has 6 nitrogen and oxygen atoms in total. The van der Waals surface area contributed by atoms with Crippen LogP contribution in [0.25, 0.3) is 0 Å². The topological polar surface area (TPSA) is 89.9 Å². The first-order chi connectivity index (χ1) is 10.0. The number of nitrogens with zero attached hydrogens (tertiary/aromatic N) is 1. The number of carboxylic acids is 1. The van der Waals surface area contributed by atoms with Gasteiger partial charge in [-0.25, -0.2) is 9.59 Å². The molecule has 0 aromatic heterocycles. The third-order valence-electron chi connectivity index (χ3n) is 3.85. The molecule has 1 fully saturated rings. The first kappa shape index (κ1) is 15.3. The van der Waals surface area contributed by atoms with Crippen LogP contribution in [0, 0.1) is 6.92 Å². The van der Waals surface area contributed by atoms with Gasteiger partial charge in [0.25, 0.3) is 0 Å². The summed E-state index contributed by atoms with van der Waals surface area (Å²) in [5, 5.41) is 21.0. The molecule has 3 N–H and O–H groups in total. The molecule has 1 aromatic carbocycles. The molecule has 0 heterocycles. The SMILES string of the molecule is Cc1cccc(NC(=O)N(CCO)C2CCC2)c1C(=O)O. The van der Waals surface area contributed by atoms with Crippen LogP contribution in [0.4, 0.5) is 10.5 Å². The van der Waals surface area contributed by atoms with Crippen molar-refractivity contribution in [2.75, 3.05) is 18.5 Å². The Balaban J connectivity index is 2.18. The largest absolute Gasteiger partial charge is 0.478 e. The van der Waals surface area contributed by atoms with Crippen molar-refractivity contribution in [1.29, 1.82) is 0 Å². The smallest absolute Gasteiger partial charge is 0.338 e. The Morgan fingerprint density at radius 3 is 2.62 bits per heavy atom. The van der Waals surface area contributed by atoms with E-state index in [-0.39, 0.29) is 36.5 Å². The summed E-state index contributed by atoms with van der Waals surface area (Å²) in [7, 11) is 0. The number of anilines is 1. The minimum atomic E-state index is -1.07. The number of urea groups is 1. The zero-order valence-electron chi connectivity index (χ0n) is 12.0. The van der Waals surface area contributed by atoms with E-state index in [0.29, 0.717) is 5.56 Å². The highest BCUT2D eigenvalue weighted by Crippen LogP contribution is 2.26. The summed E-state index contributed by atoms with van der Waals surface area (Å²) in [6, 6.07) is 4.75. The van der Waals surface area contributed by atoms with Crippen molar-refractivity contribution in [1.82, 2.24) is 4.90 Å². The van der Waals surface area contributed by atoms with Gasteiger partial charge in [0.15, 0.2) is 0 Å². The quantitative estimate of drug-likeness (QED) is 0.775. The number of rotatable bonds is 5. The van der Waals surface area contributed by atoms with E-state index in [1.165, 1.54) is 0 Å². The molecule has 0 atom stereocenters. The molecule has 1 aliphatic rings. The van der Waals surface area contributed by atoms with E-state index in [1.807, 2.05) is 0 Å². The predicted molar refractivity (Wildman–Crippen MR) is 78.6 cm³/mol. The predicted octanol–water partition coefficient (Wildman–Crippen LogP) is 2.07. The van der Waals surface area contributed by atoms with Crippen LogP contribution >= 0.6 is 0 Å². The minimum Gasteiger partial charge on any atom is -0.478 e. The monoisotopic (exact) mass is 292 g/mol. The van der Waals surface area contributed by atoms with Crippen molar-refractivity contribution in [3.05, 3.63) is 29.3 Å². The van der Waals surface area contributed by atoms with Gasteiger partial charge in [0.05, 0.1) is 17.9 Å². The average Bonchev–Trinajstić information content (AvgIpc) is 2.35. The lowest BCUT2D eigenvalue weighted by atomic mass is 9.91. The summed E-state index contributed by atoms with van der Waals surface area (Å²) >= 11 is 0. The zero-order chi connectivity index (χ0) is 15.4. The molecule has 0 radical (unpaired) electrons. The zero-order valence-corrected chi connectivity index (χ0v) is 12.0. The lowest BCUT2D eigenvalue weighted by Crippen LogP contribution is -2.47. The van der Waals surface area contributed by atoms with Gasteiger partial charge in [-0.2, -0.15) is 0 Å². The molecule has 0 aliphatic heterocycles. The van der Waals surface area contributed by atoms with Gasteiger partial charge in [0, 0.05) is 12.6 Å². The minimum absolute atomic E-state index is 0.100. The molecule has 0 spiro atoms. The first-order valence-corrected chi connectivity index (χ1v) is 7.06. The number of aromatic carboxylic acids is 1. The number of benzene rings is 1. The van der Waals surface area contributed by atoms with E-state index in [4.69, 9.17) is 5.11 Å². The summed E-state index contributed by atoms with van der Waals surface area (Å²) < 4.78 is 0. The molecular formula is C15H20N2O4. The van der Waals surface area contributed by atoms with Crippen LogP contribution in [0.3, 0.4) is 0 Å². The number of aliphatic hydroxyl groups excluding tert-OH is 1. The lowest BCUT2D eigenvalue weighted by Gasteiger charge is -2.37.